The molecule has 0 bridgehead atoms. The molecule has 6 nitrogen and oxygen atoms in total. The Balaban J connectivity index is 1.83. The molecule has 0 radical (unpaired) electrons. The highest BCUT2D eigenvalue weighted by atomic mass is 16.5. The Morgan fingerprint density at radius 3 is 2.80 bits per heavy atom. The molecule has 4 rings (SSSR count). The number of rotatable bonds is 2. The molecule has 0 aromatic carbocycles. The van der Waals surface area contributed by atoms with Gasteiger partial charge in [-0.2, -0.15) is 0 Å². The fourth-order valence-electron chi connectivity index (χ4n) is 3.96. The Morgan fingerprint density at radius 1 is 1.28 bits per heavy atom. The Hall–Kier alpha value is -2.76. The third-order valence-electron chi connectivity index (χ3n) is 4.98. The minimum Gasteiger partial charge on any atom is -0.427 e. The van der Waals surface area contributed by atoms with Crippen molar-refractivity contribution >= 4 is 18.2 Å². The fraction of sp³-hybridized carbons (Fsp3) is 0.368. The number of aromatic nitrogens is 2. The van der Waals surface area contributed by atoms with E-state index in [9.17, 15) is 9.59 Å². The minimum absolute atomic E-state index is 0.0598. The lowest BCUT2D eigenvalue weighted by atomic mass is 9.79. The predicted octanol–water partition coefficient (Wildman–Crippen LogP) is 2.19. The number of carbonyl (C=O) groups is 2. The van der Waals surface area contributed by atoms with E-state index in [1.54, 1.807) is 17.2 Å². The van der Waals surface area contributed by atoms with Crippen LogP contribution in [0.5, 0.6) is 5.75 Å². The molecule has 1 aliphatic carbocycles. The first-order chi connectivity index (χ1) is 11.9. The summed E-state index contributed by atoms with van der Waals surface area (Å²) in [5.41, 5.74) is 1.73. The van der Waals surface area contributed by atoms with Crippen molar-refractivity contribution in [2.75, 3.05) is 4.90 Å². The zero-order chi connectivity index (χ0) is 17.8. The largest absolute Gasteiger partial charge is 0.427 e. The van der Waals surface area contributed by atoms with Crippen LogP contribution in [0.3, 0.4) is 0 Å². The van der Waals surface area contributed by atoms with Crippen LogP contribution in [0.4, 0.5) is 5.82 Å². The van der Waals surface area contributed by atoms with Crippen molar-refractivity contribution in [2.24, 2.45) is 0 Å². The highest BCUT2D eigenvalue weighted by Gasteiger charge is 2.57. The van der Waals surface area contributed by atoms with E-state index in [0.29, 0.717) is 25.1 Å². The quantitative estimate of drug-likeness (QED) is 0.786. The van der Waals surface area contributed by atoms with Crippen molar-refractivity contribution in [2.45, 2.75) is 44.6 Å². The molecular formula is C19H19N3O3. The van der Waals surface area contributed by atoms with Crippen molar-refractivity contribution in [3.8, 4) is 5.75 Å². The number of fused-ring (bicyclic) bond motifs is 3. The summed E-state index contributed by atoms with van der Waals surface area (Å²) in [6.07, 6.45) is 4.32. The molecule has 6 heteroatoms. The summed E-state index contributed by atoms with van der Waals surface area (Å²) >= 11 is 0. The van der Waals surface area contributed by atoms with Crippen LogP contribution in [0.15, 0.2) is 30.6 Å². The molecule has 1 amide bonds. The zero-order valence-electron chi connectivity index (χ0n) is 14.4. The molecule has 1 atom stereocenters. The molecule has 1 aliphatic heterocycles. The van der Waals surface area contributed by atoms with Crippen LogP contribution in [0, 0.1) is 0 Å². The number of ether oxygens (including phenoxy) is 1. The van der Waals surface area contributed by atoms with Gasteiger partial charge in [-0.05, 0) is 44.9 Å². The number of hydrogen-bond donors (Lipinski definition) is 0. The van der Waals surface area contributed by atoms with Gasteiger partial charge >= 0.3 is 0 Å². The Morgan fingerprint density at radius 2 is 2.08 bits per heavy atom. The SMILES string of the molecule is CC(C)(C)N1C(=O)[C@]2(Cc3cc(OC=O)cnc3C2)c2cccnc21. The van der Waals surface area contributed by atoms with Gasteiger partial charge in [-0.3, -0.25) is 19.5 Å². The Labute approximate surface area is 145 Å². The van der Waals surface area contributed by atoms with Gasteiger partial charge in [0.15, 0.2) is 0 Å². The third-order valence-corrected chi connectivity index (χ3v) is 4.98. The van der Waals surface area contributed by atoms with Crippen LogP contribution in [0.2, 0.25) is 0 Å². The molecule has 0 saturated carbocycles. The van der Waals surface area contributed by atoms with Crippen molar-refractivity contribution in [3.63, 3.8) is 0 Å². The average molecular weight is 337 g/mol. The van der Waals surface area contributed by atoms with Crippen LogP contribution < -0.4 is 9.64 Å². The summed E-state index contributed by atoms with van der Waals surface area (Å²) in [4.78, 5) is 34.8. The van der Waals surface area contributed by atoms with E-state index in [1.165, 1.54) is 6.20 Å². The summed E-state index contributed by atoms with van der Waals surface area (Å²) in [5.74, 6) is 1.19. The molecule has 3 heterocycles. The summed E-state index contributed by atoms with van der Waals surface area (Å²) in [5, 5.41) is 0. The molecule has 0 N–H and O–H groups in total. The monoisotopic (exact) mass is 337 g/mol. The maximum Gasteiger partial charge on any atom is 0.298 e. The first kappa shape index (κ1) is 15.7. The molecular weight excluding hydrogens is 318 g/mol. The van der Waals surface area contributed by atoms with Gasteiger partial charge in [0.05, 0.1) is 11.6 Å². The molecule has 128 valence electrons. The molecule has 1 spiro atoms. The normalized spacial score (nSPS) is 21.4. The summed E-state index contributed by atoms with van der Waals surface area (Å²) in [6, 6.07) is 5.66. The predicted molar refractivity (Wildman–Crippen MR) is 91.5 cm³/mol. The van der Waals surface area contributed by atoms with E-state index in [0.717, 1.165) is 22.6 Å². The average Bonchev–Trinajstić information content (AvgIpc) is 3.04. The van der Waals surface area contributed by atoms with Crippen molar-refractivity contribution < 1.29 is 14.3 Å². The van der Waals surface area contributed by atoms with E-state index >= 15 is 0 Å². The van der Waals surface area contributed by atoms with Crippen LogP contribution >= 0.6 is 0 Å². The standard InChI is InChI=1S/C19H19N3O3/c1-18(2,3)22-16-14(5-4-6-20-16)19(17(22)24)8-12-7-13(25-11-23)10-21-15(12)9-19/h4-7,10-11H,8-9H2,1-3H3/t19-/m0/s1. The van der Waals surface area contributed by atoms with Gasteiger partial charge in [0.2, 0.25) is 5.91 Å². The molecule has 25 heavy (non-hydrogen) atoms. The van der Waals surface area contributed by atoms with Crippen molar-refractivity contribution in [3.05, 3.63) is 47.4 Å². The third kappa shape index (κ3) is 2.17. The maximum atomic E-state index is 13.5. The van der Waals surface area contributed by atoms with Gasteiger partial charge in [0.25, 0.3) is 6.47 Å². The van der Waals surface area contributed by atoms with Crippen LogP contribution in [-0.4, -0.2) is 27.9 Å². The topological polar surface area (TPSA) is 72.4 Å². The zero-order valence-corrected chi connectivity index (χ0v) is 14.4. The maximum absolute atomic E-state index is 13.5. The van der Waals surface area contributed by atoms with Gasteiger partial charge in [-0.15, -0.1) is 0 Å². The number of nitrogens with zero attached hydrogens (tertiary/aromatic N) is 3. The highest BCUT2D eigenvalue weighted by Crippen LogP contribution is 2.50. The second-order valence-corrected chi connectivity index (χ2v) is 7.61. The molecule has 2 aromatic rings. The second-order valence-electron chi connectivity index (χ2n) is 7.61. The Bertz CT molecular complexity index is 888. The van der Waals surface area contributed by atoms with Crippen molar-refractivity contribution in [1.82, 2.24) is 9.97 Å². The molecule has 2 aliphatic rings. The van der Waals surface area contributed by atoms with Crippen LogP contribution in [0.1, 0.15) is 37.6 Å². The first-order valence-corrected chi connectivity index (χ1v) is 8.25. The molecule has 0 saturated heterocycles. The smallest absolute Gasteiger partial charge is 0.298 e. The fourth-order valence-corrected chi connectivity index (χ4v) is 3.96. The van der Waals surface area contributed by atoms with Gasteiger partial charge < -0.3 is 4.74 Å². The van der Waals surface area contributed by atoms with Crippen LogP contribution in [-0.2, 0) is 27.8 Å². The highest BCUT2D eigenvalue weighted by molar-refractivity contribution is 6.09. The van der Waals surface area contributed by atoms with Gasteiger partial charge in [-0.1, -0.05) is 6.07 Å². The lowest BCUT2D eigenvalue weighted by Gasteiger charge is -2.33. The van der Waals surface area contributed by atoms with Gasteiger partial charge in [-0.25, -0.2) is 4.98 Å². The van der Waals surface area contributed by atoms with E-state index in [2.05, 4.69) is 9.97 Å². The van der Waals surface area contributed by atoms with Gasteiger partial charge in [0, 0.05) is 29.4 Å². The van der Waals surface area contributed by atoms with Gasteiger partial charge in [0.1, 0.15) is 11.6 Å². The van der Waals surface area contributed by atoms with Crippen molar-refractivity contribution in [1.29, 1.82) is 0 Å². The van der Waals surface area contributed by atoms with E-state index in [4.69, 9.17) is 4.74 Å². The van der Waals surface area contributed by atoms with E-state index < -0.39 is 5.41 Å². The Kier molecular flexibility index (Phi) is 3.22. The number of pyridine rings is 2. The molecule has 2 aromatic heterocycles. The van der Waals surface area contributed by atoms with Crippen LogP contribution in [0.25, 0.3) is 0 Å². The summed E-state index contributed by atoms with van der Waals surface area (Å²) < 4.78 is 4.90. The summed E-state index contributed by atoms with van der Waals surface area (Å²) in [7, 11) is 0. The lowest BCUT2D eigenvalue weighted by Crippen LogP contribution is -2.49. The number of hydrogen-bond acceptors (Lipinski definition) is 5. The first-order valence-electron chi connectivity index (χ1n) is 8.25. The lowest BCUT2D eigenvalue weighted by molar-refractivity contribution is -0.124. The number of anilines is 1. The number of carbonyl (C=O) groups excluding carboxylic acids is 2. The molecule has 0 unspecified atom stereocenters. The molecule has 0 fully saturated rings. The minimum atomic E-state index is -0.675. The van der Waals surface area contributed by atoms with E-state index in [-0.39, 0.29) is 11.4 Å². The summed E-state index contributed by atoms with van der Waals surface area (Å²) in [6.45, 7) is 6.42. The second kappa shape index (κ2) is 5.12. The number of amides is 1. The van der Waals surface area contributed by atoms with E-state index in [1.807, 2.05) is 32.9 Å².